The average Bonchev–Trinajstić information content (AvgIpc) is 3.37. The Morgan fingerprint density at radius 2 is 1.92 bits per heavy atom. The lowest BCUT2D eigenvalue weighted by Gasteiger charge is -2.48. The fraction of sp³-hybridized carbons (Fsp3) is 0.481. The number of nitrogens with one attached hydrogen (secondary N) is 1. The van der Waals surface area contributed by atoms with Gasteiger partial charge in [-0.3, -0.25) is 4.79 Å². The van der Waals surface area contributed by atoms with Crippen LogP contribution in [0, 0.1) is 5.82 Å². The van der Waals surface area contributed by atoms with Crippen LogP contribution in [0.4, 0.5) is 19.2 Å². The smallest absolute Gasteiger partial charge is 0.324 e. The van der Waals surface area contributed by atoms with Gasteiger partial charge in [0.05, 0.1) is 19.3 Å². The molecule has 0 unspecified atom stereocenters. The number of piperidine rings is 1. The molecule has 0 radical (unpaired) electrons. The Kier molecular flexibility index (Phi) is 6.24. The van der Waals surface area contributed by atoms with Crippen molar-refractivity contribution in [2.24, 2.45) is 0 Å². The maximum absolute atomic E-state index is 15.6. The van der Waals surface area contributed by atoms with Crippen LogP contribution < -0.4 is 15.0 Å². The molecule has 9 nitrogen and oxygen atoms in total. The second kappa shape index (κ2) is 9.51. The lowest BCUT2D eigenvalue weighted by molar-refractivity contribution is -0.185. The van der Waals surface area contributed by atoms with Crippen LogP contribution in [-0.2, 0) is 11.2 Å². The zero-order valence-corrected chi connectivity index (χ0v) is 21.5. The molecule has 3 aliphatic heterocycles. The predicted molar refractivity (Wildman–Crippen MR) is 134 cm³/mol. The van der Waals surface area contributed by atoms with Gasteiger partial charge in [-0.25, -0.2) is 18.2 Å². The van der Waals surface area contributed by atoms with Crippen LogP contribution in [0.25, 0.3) is 11.1 Å². The molecular formula is C27H28F3N5O4. The molecule has 1 spiro atoms. The van der Waals surface area contributed by atoms with E-state index < -0.39 is 29.7 Å². The predicted octanol–water partition coefficient (Wildman–Crippen LogP) is 4.13. The highest BCUT2D eigenvalue weighted by molar-refractivity contribution is 5.93. The van der Waals surface area contributed by atoms with Crippen LogP contribution in [0.1, 0.15) is 54.5 Å². The molecule has 3 aromatic rings. The minimum absolute atomic E-state index is 0.0895. The quantitative estimate of drug-likeness (QED) is 0.513. The molecule has 206 valence electrons. The first-order valence-corrected chi connectivity index (χ1v) is 13.0. The molecule has 2 fully saturated rings. The third kappa shape index (κ3) is 4.60. The summed E-state index contributed by atoms with van der Waals surface area (Å²) >= 11 is 0. The third-order valence-electron chi connectivity index (χ3n) is 7.60. The highest BCUT2D eigenvalue weighted by atomic mass is 19.3. The van der Waals surface area contributed by atoms with Gasteiger partial charge in [-0.1, -0.05) is 25.1 Å². The number of anilines is 1. The summed E-state index contributed by atoms with van der Waals surface area (Å²) in [6.07, 6.45) is 1.03. The zero-order chi connectivity index (χ0) is 27.4. The average molecular weight is 544 g/mol. The van der Waals surface area contributed by atoms with Gasteiger partial charge < -0.3 is 24.2 Å². The van der Waals surface area contributed by atoms with Gasteiger partial charge in [0, 0.05) is 55.6 Å². The fourth-order valence-corrected chi connectivity index (χ4v) is 5.13. The summed E-state index contributed by atoms with van der Waals surface area (Å²) in [5, 5.41) is 6.61. The molecule has 0 saturated carbocycles. The molecule has 12 heteroatoms. The largest absolute Gasteiger partial charge is 0.481 e. The Bertz CT molecular complexity index is 1400. The number of nitrogens with zero attached hydrogens (tertiary/aromatic N) is 4. The minimum Gasteiger partial charge on any atom is -0.481 e. The normalized spacial score (nSPS) is 19.9. The fourth-order valence-electron chi connectivity index (χ4n) is 5.13. The number of benzene rings is 1. The SMILES string of the molecule is CC(C)c1noc(N2CCC3(CC2)Oc2ccc(-c4cnc(C(=O)NC5COC5)c(F)c4)cc2CC3(F)F)n1. The van der Waals surface area contributed by atoms with Gasteiger partial charge in [0.1, 0.15) is 5.75 Å². The summed E-state index contributed by atoms with van der Waals surface area (Å²) in [5.74, 6) is -3.49. The van der Waals surface area contributed by atoms with Crippen molar-refractivity contribution in [2.45, 2.75) is 56.6 Å². The molecular weight excluding hydrogens is 515 g/mol. The molecule has 1 amide bonds. The van der Waals surface area contributed by atoms with Crippen molar-refractivity contribution >= 4 is 11.9 Å². The van der Waals surface area contributed by atoms with E-state index in [0.717, 1.165) is 0 Å². The topological polar surface area (TPSA) is 103 Å². The van der Waals surface area contributed by atoms with E-state index in [-0.39, 0.29) is 30.5 Å². The van der Waals surface area contributed by atoms with E-state index in [0.29, 0.717) is 60.6 Å². The highest BCUT2D eigenvalue weighted by Gasteiger charge is 2.59. The van der Waals surface area contributed by atoms with Crippen LogP contribution in [0.15, 0.2) is 35.0 Å². The van der Waals surface area contributed by atoms with Gasteiger partial charge in [0.15, 0.2) is 22.9 Å². The van der Waals surface area contributed by atoms with Crippen molar-refractivity contribution in [1.82, 2.24) is 20.4 Å². The number of fused-ring (bicyclic) bond motifs is 1. The van der Waals surface area contributed by atoms with Gasteiger partial charge >= 0.3 is 6.01 Å². The molecule has 2 saturated heterocycles. The van der Waals surface area contributed by atoms with E-state index in [1.807, 2.05) is 18.7 Å². The second-order valence-electron chi connectivity index (χ2n) is 10.6. The van der Waals surface area contributed by atoms with E-state index in [4.69, 9.17) is 14.0 Å². The number of hydrogen-bond acceptors (Lipinski definition) is 8. The number of hydrogen-bond donors (Lipinski definition) is 1. The van der Waals surface area contributed by atoms with Gasteiger partial charge in [0.2, 0.25) is 0 Å². The van der Waals surface area contributed by atoms with E-state index in [1.54, 1.807) is 18.2 Å². The molecule has 39 heavy (non-hydrogen) atoms. The van der Waals surface area contributed by atoms with Crippen molar-refractivity contribution in [1.29, 1.82) is 0 Å². The van der Waals surface area contributed by atoms with E-state index >= 15 is 8.78 Å². The lowest BCUT2D eigenvalue weighted by atomic mass is 9.79. The first kappa shape index (κ1) is 25.6. The third-order valence-corrected chi connectivity index (χ3v) is 7.60. The Morgan fingerprint density at radius 1 is 1.15 bits per heavy atom. The van der Waals surface area contributed by atoms with Crippen LogP contribution >= 0.6 is 0 Å². The van der Waals surface area contributed by atoms with E-state index in [9.17, 15) is 9.18 Å². The lowest BCUT2D eigenvalue weighted by Crippen LogP contribution is -2.61. The van der Waals surface area contributed by atoms with Crippen LogP contribution in [0.2, 0.25) is 0 Å². The standard InChI is InChI=1S/C27H28F3N5O4/c1-15(2)23-33-25(39-34-23)35-7-5-26(6-8-35)27(29,30)11-17-9-16(3-4-21(17)38-26)18-10-20(28)22(31-12-18)24(36)32-19-13-37-14-19/h3-4,9-10,12,15,19H,5-8,11,13-14H2,1-2H3,(H,32,36). The second-order valence-corrected chi connectivity index (χ2v) is 10.6. The van der Waals surface area contributed by atoms with Gasteiger partial charge in [-0.05, 0) is 23.8 Å². The number of carbonyl (C=O) groups is 1. The van der Waals surface area contributed by atoms with Crippen molar-refractivity contribution in [3.8, 4) is 16.9 Å². The number of halogens is 3. The molecule has 5 heterocycles. The van der Waals surface area contributed by atoms with Crippen molar-refractivity contribution < 1.29 is 32.0 Å². The summed E-state index contributed by atoms with van der Waals surface area (Å²) in [7, 11) is 0. The molecule has 0 atom stereocenters. The zero-order valence-electron chi connectivity index (χ0n) is 21.5. The number of amides is 1. The maximum Gasteiger partial charge on any atom is 0.324 e. The van der Waals surface area contributed by atoms with E-state index in [1.165, 1.54) is 12.3 Å². The maximum atomic E-state index is 15.6. The number of pyridine rings is 1. The number of rotatable bonds is 5. The first-order chi connectivity index (χ1) is 18.6. The van der Waals surface area contributed by atoms with Crippen LogP contribution in [0.3, 0.4) is 0 Å². The minimum atomic E-state index is -3.13. The van der Waals surface area contributed by atoms with E-state index in [2.05, 4.69) is 20.4 Å². The summed E-state index contributed by atoms with van der Waals surface area (Å²) in [6.45, 7) is 5.25. The highest BCUT2D eigenvalue weighted by Crippen LogP contribution is 2.49. The van der Waals surface area contributed by atoms with Crippen molar-refractivity contribution in [3.63, 3.8) is 0 Å². The first-order valence-electron chi connectivity index (χ1n) is 13.0. The Labute approximate surface area is 222 Å². The van der Waals surface area contributed by atoms with Gasteiger partial charge in [0.25, 0.3) is 11.8 Å². The molecule has 3 aliphatic rings. The van der Waals surface area contributed by atoms with Crippen molar-refractivity contribution in [3.05, 3.63) is 53.4 Å². The van der Waals surface area contributed by atoms with Gasteiger partial charge in [-0.15, -0.1) is 0 Å². The van der Waals surface area contributed by atoms with Crippen molar-refractivity contribution in [2.75, 3.05) is 31.2 Å². The monoisotopic (exact) mass is 543 g/mol. The summed E-state index contributed by atoms with van der Waals surface area (Å²) < 4.78 is 62.3. The van der Waals surface area contributed by atoms with Crippen LogP contribution in [-0.4, -0.2) is 64.9 Å². The summed E-state index contributed by atoms with van der Waals surface area (Å²) in [4.78, 5) is 22.5. The number of alkyl halides is 2. The Hall–Kier alpha value is -3.67. The molecule has 1 N–H and O–H groups in total. The molecule has 1 aromatic carbocycles. The summed E-state index contributed by atoms with van der Waals surface area (Å²) in [5.41, 5.74) is -0.769. The molecule has 0 aliphatic carbocycles. The Balaban J connectivity index is 1.18. The number of aromatic nitrogens is 3. The Morgan fingerprint density at radius 3 is 2.56 bits per heavy atom. The molecule has 2 aromatic heterocycles. The van der Waals surface area contributed by atoms with Gasteiger partial charge in [-0.2, -0.15) is 4.98 Å². The van der Waals surface area contributed by atoms with Crippen LogP contribution in [0.5, 0.6) is 5.75 Å². The molecule has 0 bridgehead atoms. The molecule has 6 rings (SSSR count). The summed E-state index contributed by atoms with van der Waals surface area (Å²) in [6, 6.07) is 6.24. The number of carbonyl (C=O) groups excluding carboxylic acids is 1. The number of ether oxygens (including phenoxy) is 2.